The molecular weight excluding hydrogens is 266 g/mol. The number of hydrogen-bond acceptors (Lipinski definition) is 2. The Balaban J connectivity index is 1.78. The van der Waals surface area contributed by atoms with E-state index in [0.717, 1.165) is 25.4 Å². The fraction of sp³-hybridized carbons (Fsp3) is 0.529. The van der Waals surface area contributed by atoms with Crippen LogP contribution in [0.5, 0.6) is 0 Å². The highest BCUT2D eigenvalue weighted by Gasteiger charge is 2.33. The Morgan fingerprint density at radius 1 is 1.00 bits per heavy atom. The minimum Gasteiger partial charge on any atom is -0.478 e. The number of likely N-dealkylation sites (tertiary alicyclic amines) is 1. The number of carboxylic acid groups (broad SMARTS) is 1. The molecule has 1 amide bonds. The molecule has 0 bridgehead atoms. The summed E-state index contributed by atoms with van der Waals surface area (Å²) in [6.45, 7) is 1.55. The first-order chi connectivity index (χ1) is 10.2. The standard InChI is InChI=1S/C17H21NO3/c19-16(14-7-3-4-8-15(14)17(20)21)18-10-9-12-5-1-2-6-13(12)11-18/h3-4,7-8,12-13H,1-2,5-6,9-11H2,(H,20,21). The highest BCUT2D eigenvalue weighted by atomic mass is 16.4. The molecule has 1 aromatic carbocycles. The molecular formula is C17H21NO3. The van der Waals surface area contributed by atoms with Gasteiger partial charge in [-0.3, -0.25) is 4.79 Å². The van der Waals surface area contributed by atoms with E-state index in [4.69, 9.17) is 0 Å². The lowest BCUT2D eigenvalue weighted by Gasteiger charge is -2.41. The van der Waals surface area contributed by atoms with E-state index < -0.39 is 5.97 Å². The lowest BCUT2D eigenvalue weighted by Crippen LogP contribution is -2.45. The first-order valence-corrected chi connectivity index (χ1v) is 7.78. The van der Waals surface area contributed by atoms with E-state index in [9.17, 15) is 14.7 Å². The van der Waals surface area contributed by atoms with E-state index in [0.29, 0.717) is 11.5 Å². The largest absolute Gasteiger partial charge is 0.478 e. The second kappa shape index (κ2) is 5.88. The van der Waals surface area contributed by atoms with Crippen molar-refractivity contribution in [1.29, 1.82) is 0 Å². The summed E-state index contributed by atoms with van der Waals surface area (Å²) in [5, 5.41) is 9.23. The van der Waals surface area contributed by atoms with Gasteiger partial charge in [0.05, 0.1) is 11.1 Å². The van der Waals surface area contributed by atoms with Crippen LogP contribution in [-0.2, 0) is 0 Å². The van der Waals surface area contributed by atoms with Gasteiger partial charge in [-0.25, -0.2) is 4.79 Å². The third kappa shape index (κ3) is 2.80. The molecule has 1 saturated carbocycles. The van der Waals surface area contributed by atoms with E-state index in [1.54, 1.807) is 18.2 Å². The van der Waals surface area contributed by atoms with Gasteiger partial charge >= 0.3 is 5.97 Å². The second-order valence-electron chi connectivity index (χ2n) is 6.20. The Morgan fingerprint density at radius 3 is 2.38 bits per heavy atom. The Labute approximate surface area is 124 Å². The molecule has 1 aromatic rings. The van der Waals surface area contributed by atoms with Crippen LogP contribution in [0.2, 0.25) is 0 Å². The van der Waals surface area contributed by atoms with Crippen molar-refractivity contribution >= 4 is 11.9 Å². The Kier molecular flexibility index (Phi) is 3.95. The van der Waals surface area contributed by atoms with Crippen molar-refractivity contribution in [2.75, 3.05) is 13.1 Å². The summed E-state index contributed by atoms with van der Waals surface area (Å²) in [4.78, 5) is 25.8. The van der Waals surface area contributed by atoms with Crippen LogP contribution in [0.3, 0.4) is 0 Å². The summed E-state index contributed by atoms with van der Waals surface area (Å²) in [5.41, 5.74) is 0.424. The number of carboxylic acids is 1. The van der Waals surface area contributed by atoms with Crippen molar-refractivity contribution in [2.45, 2.75) is 32.1 Å². The van der Waals surface area contributed by atoms with Gasteiger partial charge < -0.3 is 10.0 Å². The third-order valence-corrected chi connectivity index (χ3v) is 4.97. The molecule has 0 spiro atoms. The Bertz CT molecular complexity index is 555. The quantitative estimate of drug-likeness (QED) is 0.909. The molecule has 1 aliphatic carbocycles. The van der Waals surface area contributed by atoms with Crippen molar-refractivity contribution < 1.29 is 14.7 Å². The van der Waals surface area contributed by atoms with E-state index >= 15 is 0 Å². The van der Waals surface area contributed by atoms with Gasteiger partial charge in [0.1, 0.15) is 0 Å². The molecule has 1 saturated heterocycles. The average Bonchev–Trinajstić information content (AvgIpc) is 2.53. The number of carbonyl (C=O) groups is 2. The second-order valence-corrected chi connectivity index (χ2v) is 6.20. The first-order valence-electron chi connectivity index (χ1n) is 7.78. The fourth-order valence-corrected chi connectivity index (χ4v) is 3.81. The minimum absolute atomic E-state index is 0.105. The molecule has 2 aliphatic rings. The predicted octanol–water partition coefficient (Wildman–Crippen LogP) is 3.04. The van der Waals surface area contributed by atoms with Crippen LogP contribution in [0.15, 0.2) is 24.3 Å². The van der Waals surface area contributed by atoms with Crippen LogP contribution in [0.1, 0.15) is 52.8 Å². The zero-order chi connectivity index (χ0) is 14.8. The Hall–Kier alpha value is -1.84. The molecule has 0 aromatic heterocycles. The topological polar surface area (TPSA) is 57.6 Å². The Morgan fingerprint density at radius 2 is 1.67 bits per heavy atom. The van der Waals surface area contributed by atoms with E-state index in [2.05, 4.69) is 0 Å². The summed E-state index contributed by atoms with van der Waals surface area (Å²) in [5.74, 6) is 0.203. The maximum Gasteiger partial charge on any atom is 0.336 e. The van der Waals surface area contributed by atoms with Crippen molar-refractivity contribution in [3.8, 4) is 0 Å². The molecule has 3 rings (SSSR count). The highest BCUT2D eigenvalue weighted by molar-refractivity contribution is 6.04. The first kappa shape index (κ1) is 14.1. The van der Waals surface area contributed by atoms with Crippen molar-refractivity contribution in [3.05, 3.63) is 35.4 Å². The molecule has 1 heterocycles. The van der Waals surface area contributed by atoms with Gasteiger partial charge in [0.15, 0.2) is 0 Å². The number of aromatic carboxylic acids is 1. The molecule has 4 nitrogen and oxygen atoms in total. The molecule has 2 fully saturated rings. The van der Waals surface area contributed by atoms with Crippen LogP contribution in [0.25, 0.3) is 0 Å². The number of carbonyl (C=O) groups excluding carboxylic acids is 1. The summed E-state index contributed by atoms with van der Waals surface area (Å²) in [7, 11) is 0. The summed E-state index contributed by atoms with van der Waals surface area (Å²) < 4.78 is 0. The van der Waals surface area contributed by atoms with Crippen LogP contribution >= 0.6 is 0 Å². The zero-order valence-corrected chi connectivity index (χ0v) is 12.1. The van der Waals surface area contributed by atoms with Gasteiger partial charge in [-0.05, 0) is 36.8 Å². The number of rotatable bonds is 2. The van der Waals surface area contributed by atoms with E-state index in [1.165, 1.54) is 31.7 Å². The molecule has 2 unspecified atom stereocenters. The van der Waals surface area contributed by atoms with Crippen LogP contribution in [0.4, 0.5) is 0 Å². The summed E-state index contributed by atoms with van der Waals surface area (Å²) in [6, 6.07) is 6.52. The zero-order valence-electron chi connectivity index (χ0n) is 12.1. The number of benzene rings is 1. The highest BCUT2D eigenvalue weighted by Crippen LogP contribution is 2.36. The number of amides is 1. The lowest BCUT2D eigenvalue weighted by atomic mass is 9.75. The van der Waals surface area contributed by atoms with E-state index in [1.807, 2.05) is 4.90 Å². The summed E-state index contributed by atoms with van der Waals surface area (Å²) >= 11 is 0. The van der Waals surface area contributed by atoms with Gasteiger partial charge in [0.25, 0.3) is 5.91 Å². The number of fused-ring (bicyclic) bond motifs is 1. The normalized spacial score (nSPS) is 25.2. The molecule has 1 aliphatic heterocycles. The van der Waals surface area contributed by atoms with Gasteiger partial charge in [-0.1, -0.05) is 31.4 Å². The number of hydrogen-bond donors (Lipinski definition) is 1. The average molecular weight is 287 g/mol. The fourth-order valence-electron chi connectivity index (χ4n) is 3.81. The molecule has 0 radical (unpaired) electrons. The van der Waals surface area contributed by atoms with Gasteiger partial charge in [0, 0.05) is 13.1 Å². The van der Waals surface area contributed by atoms with Gasteiger partial charge in [-0.15, -0.1) is 0 Å². The van der Waals surface area contributed by atoms with Crippen LogP contribution < -0.4 is 0 Å². The SMILES string of the molecule is O=C(O)c1ccccc1C(=O)N1CCC2CCCCC2C1. The maximum absolute atomic E-state index is 12.7. The maximum atomic E-state index is 12.7. The molecule has 1 N–H and O–H groups in total. The van der Waals surface area contributed by atoms with Crippen LogP contribution in [-0.4, -0.2) is 35.0 Å². The molecule has 112 valence electrons. The predicted molar refractivity (Wildman–Crippen MR) is 79.4 cm³/mol. The molecule has 21 heavy (non-hydrogen) atoms. The van der Waals surface area contributed by atoms with E-state index in [-0.39, 0.29) is 11.5 Å². The monoisotopic (exact) mass is 287 g/mol. The number of nitrogens with zero attached hydrogens (tertiary/aromatic N) is 1. The third-order valence-electron chi connectivity index (χ3n) is 4.97. The summed E-state index contributed by atoms with van der Waals surface area (Å²) in [6.07, 6.45) is 6.13. The lowest BCUT2D eigenvalue weighted by molar-refractivity contribution is 0.0512. The minimum atomic E-state index is -1.04. The van der Waals surface area contributed by atoms with Crippen LogP contribution in [0, 0.1) is 11.8 Å². The van der Waals surface area contributed by atoms with Gasteiger partial charge in [-0.2, -0.15) is 0 Å². The van der Waals surface area contributed by atoms with Crippen molar-refractivity contribution in [2.24, 2.45) is 11.8 Å². The molecule has 2 atom stereocenters. The number of piperidine rings is 1. The van der Waals surface area contributed by atoms with Crippen molar-refractivity contribution in [1.82, 2.24) is 4.90 Å². The van der Waals surface area contributed by atoms with Crippen molar-refractivity contribution in [3.63, 3.8) is 0 Å². The smallest absolute Gasteiger partial charge is 0.336 e. The van der Waals surface area contributed by atoms with Gasteiger partial charge in [0.2, 0.25) is 0 Å². The molecule has 4 heteroatoms.